The van der Waals surface area contributed by atoms with Crippen LogP contribution in [0.15, 0.2) is 54.6 Å². The number of ether oxygens (including phenoxy) is 1. The van der Waals surface area contributed by atoms with Crippen LogP contribution in [0, 0.1) is 0 Å². The Bertz CT molecular complexity index is 596. The molecule has 2 aromatic rings. The van der Waals surface area contributed by atoms with Crippen LogP contribution in [-0.4, -0.2) is 25.5 Å². The van der Waals surface area contributed by atoms with Crippen LogP contribution < -0.4 is 10.1 Å². The molecule has 2 rings (SSSR count). The summed E-state index contributed by atoms with van der Waals surface area (Å²) < 4.78 is 5.57. The maximum absolute atomic E-state index is 12.2. The Morgan fingerprint density at radius 3 is 2.65 bits per heavy atom. The lowest BCUT2D eigenvalue weighted by Crippen LogP contribution is -2.21. The molecule has 1 N–H and O–H groups in total. The van der Waals surface area contributed by atoms with Crippen LogP contribution in [0.1, 0.15) is 35.7 Å². The van der Waals surface area contributed by atoms with Gasteiger partial charge in [-0.1, -0.05) is 49.4 Å². The highest BCUT2D eigenvalue weighted by Gasteiger charge is 2.06. The fourth-order valence-corrected chi connectivity index (χ4v) is 2.33. The first-order valence-corrected chi connectivity index (χ1v) is 8.30. The quantitative estimate of drug-likeness (QED) is 0.534. The van der Waals surface area contributed by atoms with Crippen molar-refractivity contribution in [3.8, 4) is 5.75 Å². The Balaban J connectivity index is 1.70. The fourth-order valence-electron chi connectivity index (χ4n) is 2.33. The van der Waals surface area contributed by atoms with E-state index in [4.69, 9.17) is 4.74 Å². The topological polar surface area (TPSA) is 38.3 Å². The number of carbonyl (C=O) groups excluding carboxylic acids is 1. The van der Waals surface area contributed by atoms with Gasteiger partial charge in [0.2, 0.25) is 0 Å². The van der Waals surface area contributed by atoms with Gasteiger partial charge in [0.05, 0.1) is 6.61 Å². The molecule has 0 aliphatic heterocycles. The van der Waals surface area contributed by atoms with Crippen molar-refractivity contribution >= 4 is 5.78 Å². The first kappa shape index (κ1) is 17.2. The van der Waals surface area contributed by atoms with Gasteiger partial charge in [-0.05, 0) is 37.1 Å². The summed E-state index contributed by atoms with van der Waals surface area (Å²) in [7, 11) is 0. The van der Waals surface area contributed by atoms with Gasteiger partial charge >= 0.3 is 0 Å². The predicted molar refractivity (Wildman–Crippen MR) is 94.2 cm³/mol. The van der Waals surface area contributed by atoms with Gasteiger partial charge in [0.15, 0.2) is 5.78 Å². The number of benzene rings is 2. The van der Waals surface area contributed by atoms with Crippen LogP contribution in [0.3, 0.4) is 0 Å². The highest BCUT2D eigenvalue weighted by molar-refractivity contribution is 5.96. The highest BCUT2D eigenvalue weighted by atomic mass is 16.5. The van der Waals surface area contributed by atoms with E-state index in [-0.39, 0.29) is 5.78 Å². The van der Waals surface area contributed by atoms with Crippen LogP contribution >= 0.6 is 0 Å². The fraction of sp³-hybridized carbons (Fsp3) is 0.350. The molecule has 0 aliphatic carbocycles. The van der Waals surface area contributed by atoms with Crippen LogP contribution in [0.25, 0.3) is 0 Å². The van der Waals surface area contributed by atoms with Crippen molar-refractivity contribution in [2.45, 2.75) is 26.2 Å². The van der Waals surface area contributed by atoms with E-state index in [1.807, 2.05) is 42.5 Å². The van der Waals surface area contributed by atoms with Gasteiger partial charge in [0.1, 0.15) is 5.75 Å². The summed E-state index contributed by atoms with van der Waals surface area (Å²) in [5.41, 5.74) is 2.04. The number of hydrogen-bond acceptors (Lipinski definition) is 3. The molecular formula is C20H25NO2. The molecule has 0 amide bonds. The third-order valence-corrected chi connectivity index (χ3v) is 3.59. The van der Waals surface area contributed by atoms with E-state index in [0.29, 0.717) is 19.6 Å². The molecule has 0 fully saturated rings. The molecule has 0 saturated carbocycles. The van der Waals surface area contributed by atoms with Crippen LogP contribution in [0.4, 0.5) is 0 Å². The average molecular weight is 311 g/mol. The lowest BCUT2D eigenvalue weighted by molar-refractivity contribution is 0.0982. The van der Waals surface area contributed by atoms with E-state index in [2.05, 4.69) is 24.4 Å². The Labute approximate surface area is 138 Å². The van der Waals surface area contributed by atoms with Gasteiger partial charge in [-0.3, -0.25) is 4.79 Å². The molecule has 23 heavy (non-hydrogen) atoms. The lowest BCUT2D eigenvalue weighted by atomic mass is 10.1. The van der Waals surface area contributed by atoms with Crippen molar-refractivity contribution in [2.75, 3.05) is 19.7 Å². The molecule has 0 atom stereocenters. The largest absolute Gasteiger partial charge is 0.494 e. The Morgan fingerprint density at radius 1 is 1.04 bits per heavy atom. The van der Waals surface area contributed by atoms with Crippen LogP contribution in [-0.2, 0) is 6.42 Å². The zero-order valence-electron chi connectivity index (χ0n) is 13.8. The summed E-state index contributed by atoms with van der Waals surface area (Å²) in [6.07, 6.45) is 2.45. The Kier molecular flexibility index (Phi) is 7.34. The Hall–Kier alpha value is -2.13. The van der Waals surface area contributed by atoms with Crippen molar-refractivity contribution in [1.82, 2.24) is 5.32 Å². The molecule has 3 nitrogen and oxygen atoms in total. The van der Waals surface area contributed by atoms with Gasteiger partial charge in [0, 0.05) is 18.5 Å². The number of ketones is 1. The first-order valence-electron chi connectivity index (χ1n) is 8.30. The zero-order chi connectivity index (χ0) is 16.3. The molecule has 122 valence electrons. The van der Waals surface area contributed by atoms with E-state index in [0.717, 1.165) is 30.7 Å². The first-order chi connectivity index (χ1) is 11.3. The molecule has 2 aromatic carbocycles. The summed E-state index contributed by atoms with van der Waals surface area (Å²) >= 11 is 0. The maximum atomic E-state index is 12.2. The van der Waals surface area contributed by atoms with Crippen molar-refractivity contribution in [3.05, 3.63) is 65.7 Å². The number of carbonyl (C=O) groups is 1. The number of nitrogens with one attached hydrogen (secondary N) is 1. The summed E-state index contributed by atoms with van der Waals surface area (Å²) in [4.78, 5) is 12.2. The van der Waals surface area contributed by atoms with Gasteiger partial charge in [-0.15, -0.1) is 0 Å². The van der Waals surface area contributed by atoms with E-state index in [1.54, 1.807) is 0 Å². The summed E-state index contributed by atoms with van der Waals surface area (Å²) in [5.74, 6) is 0.925. The highest BCUT2D eigenvalue weighted by Crippen LogP contribution is 2.14. The molecule has 0 radical (unpaired) electrons. The normalized spacial score (nSPS) is 10.5. The van der Waals surface area contributed by atoms with Crippen molar-refractivity contribution in [1.29, 1.82) is 0 Å². The summed E-state index contributed by atoms with van der Waals surface area (Å²) in [6, 6.07) is 17.8. The minimum Gasteiger partial charge on any atom is -0.494 e. The van der Waals surface area contributed by atoms with Crippen LogP contribution in [0.5, 0.6) is 5.75 Å². The molecule has 0 spiro atoms. The summed E-state index contributed by atoms with van der Waals surface area (Å²) in [6.45, 7) is 4.33. The lowest BCUT2D eigenvalue weighted by Gasteiger charge is -2.07. The van der Waals surface area contributed by atoms with Crippen molar-refractivity contribution in [3.63, 3.8) is 0 Å². The maximum Gasteiger partial charge on any atom is 0.164 e. The van der Waals surface area contributed by atoms with Gasteiger partial charge in [-0.25, -0.2) is 0 Å². The molecule has 0 bridgehead atoms. The number of hydrogen-bond donors (Lipinski definition) is 1. The van der Waals surface area contributed by atoms with E-state index < -0.39 is 0 Å². The predicted octanol–water partition coefficient (Wildman–Crippen LogP) is 3.88. The van der Waals surface area contributed by atoms with Crippen molar-refractivity contribution in [2.24, 2.45) is 0 Å². The second-order valence-electron chi connectivity index (χ2n) is 5.54. The van der Waals surface area contributed by atoms with E-state index in [9.17, 15) is 4.79 Å². The smallest absolute Gasteiger partial charge is 0.164 e. The van der Waals surface area contributed by atoms with E-state index in [1.165, 1.54) is 5.56 Å². The number of rotatable bonds is 10. The summed E-state index contributed by atoms with van der Waals surface area (Å²) in [5, 5.41) is 3.33. The van der Waals surface area contributed by atoms with Crippen LogP contribution in [0.2, 0.25) is 0 Å². The molecule has 3 heteroatoms. The monoisotopic (exact) mass is 311 g/mol. The molecule has 0 aromatic heterocycles. The standard InChI is InChI=1S/C20H25NO2/c1-2-15-23-19-10-6-9-18(16-19)20(22)12-14-21-13-11-17-7-4-3-5-8-17/h3-10,16,21H,2,11-15H2,1H3. The third-order valence-electron chi connectivity index (χ3n) is 3.59. The molecule has 0 aliphatic rings. The van der Waals surface area contributed by atoms with Crippen molar-refractivity contribution < 1.29 is 9.53 Å². The second kappa shape index (κ2) is 9.80. The minimum atomic E-state index is 0.152. The minimum absolute atomic E-state index is 0.152. The molecule has 0 heterocycles. The molecule has 0 unspecified atom stereocenters. The zero-order valence-corrected chi connectivity index (χ0v) is 13.8. The molecule has 0 saturated heterocycles. The average Bonchev–Trinajstić information content (AvgIpc) is 2.60. The molecular weight excluding hydrogens is 286 g/mol. The van der Waals surface area contributed by atoms with Gasteiger partial charge in [0.25, 0.3) is 0 Å². The van der Waals surface area contributed by atoms with E-state index >= 15 is 0 Å². The number of Topliss-reactive ketones (excluding diaryl/α,β-unsaturated/α-hetero) is 1. The second-order valence-corrected chi connectivity index (χ2v) is 5.54. The Morgan fingerprint density at radius 2 is 1.87 bits per heavy atom. The SMILES string of the molecule is CCCOc1cccc(C(=O)CCNCCc2ccccc2)c1. The van der Waals surface area contributed by atoms with Gasteiger partial charge in [-0.2, -0.15) is 0 Å². The third kappa shape index (κ3) is 6.25. The van der Waals surface area contributed by atoms with Gasteiger partial charge < -0.3 is 10.1 Å².